The lowest BCUT2D eigenvalue weighted by Crippen LogP contribution is -2.36. The van der Waals surface area contributed by atoms with Crippen molar-refractivity contribution in [3.63, 3.8) is 0 Å². The minimum atomic E-state index is 0.0108. The van der Waals surface area contributed by atoms with Crippen molar-refractivity contribution in [2.75, 3.05) is 18.1 Å². The Balaban J connectivity index is 3.18. The zero-order valence-corrected chi connectivity index (χ0v) is 10.0. The van der Waals surface area contributed by atoms with Crippen LogP contribution < -0.4 is 10.6 Å². The highest BCUT2D eigenvalue weighted by atomic mass is 16.4. The second-order valence-corrected chi connectivity index (χ2v) is 3.87. The summed E-state index contributed by atoms with van der Waals surface area (Å²) in [7, 11) is 0. The molecule has 0 amide bonds. The zero-order chi connectivity index (χ0) is 12.8. The fraction of sp³-hybridized carbons (Fsp3) is 0.455. The SMILES string of the molecule is CC(C)N(CCO)c1ncccc1/C(N)=N/O. The van der Waals surface area contributed by atoms with Crippen LogP contribution in [0.2, 0.25) is 0 Å². The molecule has 94 valence electrons. The third-order valence-electron chi connectivity index (χ3n) is 2.41. The van der Waals surface area contributed by atoms with Gasteiger partial charge < -0.3 is 20.9 Å². The van der Waals surface area contributed by atoms with Crippen LogP contribution in [0.1, 0.15) is 19.4 Å². The number of rotatable bonds is 5. The van der Waals surface area contributed by atoms with Crippen LogP contribution in [0.3, 0.4) is 0 Å². The molecule has 0 saturated carbocycles. The Hall–Kier alpha value is -1.82. The number of hydrogen-bond donors (Lipinski definition) is 3. The largest absolute Gasteiger partial charge is 0.409 e. The molecule has 6 nitrogen and oxygen atoms in total. The first-order valence-corrected chi connectivity index (χ1v) is 5.42. The van der Waals surface area contributed by atoms with Gasteiger partial charge in [-0.05, 0) is 26.0 Å². The topological polar surface area (TPSA) is 95.0 Å². The number of anilines is 1. The number of aliphatic hydroxyl groups excluding tert-OH is 1. The van der Waals surface area contributed by atoms with E-state index in [0.29, 0.717) is 17.9 Å². The molecule has 0 saturated heterocycles. The number of nitrogens with two attached hydrogens (primary N) is 1. The highest BCUT2D eigenvalue weighted by Crippen LogP contribution is 2.18. The van der Waals surface area contributed by atoms with E-state index in [1.165, 1.54) is 0 Å². The highest BCUT2D eigenvalue weighted by molar-refractivity contribution is 6.01. The Labute approximate surface area is 100 Å². The summed E-state index contributed by atoms with van der Waals surface area (Å²) in [4.78, 5) is 6.13. The number of pyridine rings is 1. The van der Waals surface area contributed by atoms with Gasteiger partial charge in [0.15, 0.2) is 5.84 Å². The minimum Gasteiger partial charge on any atom is -0.409 e. The molecule has 17 heavy (non-hydrogen) atoms. The van der Waals surface area contributed by atoms with Crippen LogP contribution in [0.15, 0.2) is 23.5 Å². The highest BCUT2D eigenvalue weighted by Gasteiger charge is 2.17. The van der Waals surface area contributed by atoms with Gasteiger partial charge in [-0.25, -0.2) is 4.98 Å². The van der Waals surface area contributed by atoms with Crippen molar-refractivity contribution in [2.45, 2.75) is 19.9 Å². The Morgan fingerprint density at radius 1 is 1.59 bits per heavy atom. The molecule has 0 fully saturated rings. The molecule has 1 heterocycles. The molecular weight excluding hydrogens is 220 g/mol. The Morgan fingerprint density at radius 2 is 2.29 bits per heavy atom. The molecule has 0 spiro atoms. The van der Waals surface area contributed by atoms with Crippen LogP contribution in [-0.4, -0.2) is 40.3 Å². The monoisotopic (exact) mass is 238 g/mol. The molecule has 0 radical (unpaired) electrons. The smallest absolute Gasteiger partial charge is 0.173 e. The van der Waals surface area contributed by atoms with Crippen molar-refractivity contribution < 1.29 is 10.3 Å². The fourth-order valence-electron chi connectivity index (χ4n) is 1.60. The van der Waals surface area contributed by atoms with Gasteiger partial charge in [-0.15, -0.1) is 0 Å². The van der Waals surface area contributed by atoms with E-state index < -0.39 is 0 Å². The lowest BCUT2D eigenvalue weighted by Gasteiger charge is -2.28. The Morgan fingerprint density at radius 3 is 2.82 bits per heavy atom. The van der Waals surface area contributed by atoms with E-state index >= 15 is 0 Å². The predicted octanol–water partition coefficient (Wildman–Crippen LogP) is 0.383. The number of amidine groups is 1. The molecule has 0 atom stereocenters. The number of hydrogen-bond acceptors (Lipinski definition) is 5. The molecule has 0 bridgehead atoms. The lowest BCUT2D eigenvalue weighted by molar-refractivity contribution is 0.298. The minimum absolute atomic E-state index is 0.0108. The predicted molar refractivity (Wildman–Crippen MR) is 66.3 cm³/mol. The van der Waals surface area contributed by atoms with Gasteiger partial charge in [0.2, 0.25) is 0 Å². The Bertz CT molecular complexity index is 393. The van der Waals surface area contributed by atoms with E-state index in [4.69, 9.17) is 16.0 Å². The first kappa shape index (κ1) is 13.2. The van der Waals surface area contributed by atoms with E-state index in [9.17, 15) is 0 Å². The lowest BCUT2D eigenvalue weighted by atomic mass is 10.2. The average molecular weight is 238 g/mol. The maximum absolute atomic E-state index is 9.05. The summed E-state index contributed by atoms with van der Waals surface area (Å²) >= 11 is 0. The molecule has 0 unspecified atom stereocenters. The zero-order valence-electron chi connectivity index (χ0n) is 10.0. The van der Waals surface area contributed by atoms with Crippen molar-refractivity contribution in [3.05, 3.63) is 23.9 Å². The van der Waals surface area contributed by atoms with Crippen LogP contribution >= 0.6 is 0 Å². The van der Waals surface area contributed by atoms with Gasteiger partial charge in [-0.2, -0.15) is 0 Å². The summed E-state index contributed by atoms with van der Waals surface area (Å²) in [5.74, 6) is 0.614. The molecule has 1 aromatic heterocycles. The van der Waals surface area contributed by atoms with Crippen LogP contribution in [0, 0.1) is 0 Å². The maximum Gasteiger partial charge on any atom is 0.173 e. The van der Waals surface area contributed by atoms with Gasteiger partial charge in [0.1, 0.15) is 5.82 Å². The van der Waals surface area contributed by atoms with E-state index in [1.807, 2.05) is 18.7 Å². The normalized spacial score (nSPS) is 11.9. The molecule has 0 aromatic carbocycles. The second-order valence-electron chi connectivity index (χ2n) is 3.87. The summed E-state index contributed by atoms with van der Waals surface area (Å²) in [5, 5.41) is 20.8. The second kappa shape index (κ2) is 6.05. The molecule has 4 N–H and O–H groups in total. The van der Waals surface area contributed by atoms with Gasteiger partial charge in [-0.3, -0.25) is 0 Å². The molecule has 0 aliphatic heterocycles. The van der Waals surface area contributed by atoms with E-state index in [-0.39, 0.29) is 18.5 Å². The van der Waals surface area contributed by atoms with Crippen LogP contribution in [-0.2, 0) is 0 Å². The van der Waals surface area contributed by atoms with E-state index in [0.717, 1.165) is 0 Å². The van der Waals surface area contributed by atoms with Gasteiger partial charge in [0.25, 0.3) is 0 Å². The standard InChI is InChI=1S/C11H18N4O2/c1-8(2)15(6-7-16)11-9(10(12)14-17)4-3-5-13-11/h3-5,8,16-17H,6-7H2,1-2H3,(H2,12,14). The number of oxime groups is 1. The number of nitrogens with zero attached hydrogens (tertiary/aromatic N) is 3. The summed E-state index contributed by atoms with van der Waals surface area (Å²) in [5.41, 5.74) is 6.15. The summed E-state index contributed by atoms with van der Waals surface area (Å²) in [6.45, 7) is 4.44. The van der Waals surface area contributed by atoms with E-state index in [1.54, 1.807) is 18.3 Å². The van der Waals surface area contributed by atoms with Crippen LogP contribution in [0.4, 0.5) is 5.82 Å². The van der Waals surface area contributed by atoms with Crippen LogP contribution in [0.25, 0.3) is 0 Å². The molecule has 0 aliphatic rings. The molecule has 1 aromatic rings. The fourth-order valence-corrected chi connectivity index (χ4v) is 1.60. The van der Waals surface area contributed by atoms with Gasteiger partial charge in [-0.1, -0.05) is 5.16 Å². The van der Waals surface area contributed by atoms with Crippen molar-refractivity contribution in [3.8, 4) is 0 Å². The van der Waals surface area contributed by atoms with Gasteiger partial charge in [0.05, 0.1) is 12.2 Å². The molecule has 0 aliphatic carbocycles. The van der Waals surface area contributed by atoms with Crippen molar-refractivity contribution >= 4 is 11.7 Å². The molecule has 1 rings (SSSR count). The summed E-state index contributed by atoms with van der Waals surface area (Å²) < 4.78 is 0. The quantitative estimate of drug-likeness (QED) is 0.298. The molecular formula is C11H18N4O2. The number of aliphatic hydroxyl groups is 1. The third-order valence-corrected chi connectivity index (χ3v) is 2.41. The maximum atomic E-state index is 9.05. The average Bonchev–Trinajstić information content (AvgIpc) is 2.34. The molecule has 6 heteroatoms. The third kappa shape index (κ3) is 3.07. The van der Waals surface area contributed by atoms with Crippen LogP contribution in [0.5, 0.6) is 0 Å². The summed E-state index contributed by atoms with van der Waals surface area (Å²) in [6, 6.07) is 3.60. The van der Waals surface area contributed by atoms with Crippen molar-refractivity contribution in [1.82, 2.24) is 4.98 Å². The van der Waals surface area contributed by atoms with Gasteiger partial charge in [0, 0.05) is 18.8 Å². The van der Waals surface area contributed by atoms with Crippen molar-refractivity contribution in [2.24, 2.45) is 10.9 Å². The number of aromatic nitrogens is 1. The Kier molecular flexibility index (Phi) is 4.71. The first-order chi connectivity index (χ1) is 8.11. The summed E-state index contributed by atoms with van der Waals surface area (Å²) in [6.07, 6.45) is 1.64. The van der Waals surface area contributed by atoms with Crippen molar-refractivity contribution in [1.29, 1.82) is 0 Å². The van der Waals surface area contributed by atoms with Gasteiger partial charge >= 0.3 is 0 Å². The van der Waals surface area contributed by atoms with E-state index in [2.05, 4.69) is 10.1 Å². The first-order valence-electron chi connectivity index (χ1n) is 5.42.